The number of hydrogen-bond acceptors (Lipinski definition) is 13. The second kappa shape index (κ2) is 14.6. The molecule has 4 rings (SSSR count). The third-order valence-corrected chi connectivity index (χ3v) is 8.06. The van der Waals surface area contributed by atoms with Gasteiger partial charge in [0.1, 0.15) is 22.9 Å². The van der Waals surface area contributed by atoms with Crippen LogP contribution in [0.1, 0.15) is 52.5 Å². The van der Waals surface area contributed by atoms with Crippen molar-refractivity contribution in [1.82, 2.24) is 9.80 Å². The van der Waals surface area contributed by atoms with E-state index in [0.29, 0.717) is 12.0 Å². The lowest BCUT2D eigenvalue weighted by Gasteiger charge is -2.22. The lowest BCUT2D eigenvalue weighted by Crippen LogP contribution is -2.41. The fourth-order valence-corrected chi connectivity index (χ4v) is 5.72. The van der Waals surface area contributed by atoms with Crippen LogP contribution in [0.4, 0.5) is 11.4 Å². The molecule has 17 heteroatoms. The zero-order chi connectivity index (χ0) is 34.6. The molecule has 0 radical (unpaired) electrons. The molecule has 254 valence electrons. The zero-order valence-electron chi connectivity index (χ0n) is 26.2. The van der Waals surface area contributed by atoms with Gasteiger partial charge in [0.05, 0.1) is 61.6 Å². The van der Waals surface area contributed by atoms with Gasteiger partial charge in [-0.3, -0.25) is 29.8 Å². The Morgan fingerprint density at radius 3 is 1.91 bits per heavy atom. The van der Waals surface area contributed by atoms with Gasteiger partial charge in [-0.1, -0.05) is 0 Å². The molecule has 2 fully saturated rings. The van der Waals surface area contributed by atoms with E-state index in [9.17, 15) is 44.8 Å². The number of methoxy groups -OCH3 is 2. The highest BCUT2D eigenvalue weighted by Crippen LogP contribution is 2.37. The van der Waals surface area contributed by atoms with Gasteiger partial charge in [-0.15, -0.1) is 0 Å². The number of esters is 1. The molecule has 0 saturated carbocycles. The molecule has 2 saturated heterocycles. The second-order valence-electron chi connectivity index (χ2n) is 11.3. The number of nitro groups is 2. The standard InChI is InChI=1S/C30H36N4O13/c1-16-8-20(29(38)32-15-19(36)10-24(32)30(39)45-4)22(33(40)41)12-25(16)46-6-5-7-47-27-13-23(34(42)43)21(11-26(27)44-3)28(37)31-14-18(35)9-17(31)2/h8,11-13,17-19,24,35-36H,5-7,9-10,14-15H2,1-4H3/t17-,18-,19-,24+/m1/s1. The van der Waals surface area contributed by atoms with Crippen LogP contribution < -0.4 is 14.2 Å². The third kappa shape index (κ3) is 7.52. The van der Waals surface area contributed by atoms with Gasteiger partial charge < -0.3 is 39.0 Å². The number of β-amino-alcohol motifs (C(OH)–C–C–N with tert-alkyl or cyclic N) is 2. The molecule has 0 unspecified atom stereocenters. The van der Waals surface area contributed by atoms with E-state index < -0.39 is 57.3 Å². The van der Waals surface area contributed by atoms with Crippen LogP contribution >= 0.6 is 0 Å². The molecule has 2 N–H and O–H groups in total. The summed E-state index contributed by atoms with van der Waals surface area (Å²) in [5, 5.41) is 43.7. The summed E-state index contributed by atoms with van der Waals surface area (Å²) in [4.78, 5) is 63.3. The monoisotopic (exact) mass is 660 g/mol. The minimum absolute atomic E-state index is 0.00414. The van der Waals surface area contributed by atoms with Crippen molar-refractivity contribution in [3.05, 3.63) is 61.2 Å². The molecular formula is C30H36N4O13. The molecule has 0 spiro atoms. The average molecular weight is 661 g/mol. The predicted octanol–water partition coefficient (Wildman–Crippen LogP) is 2.01. The first-order valence-electron chi connectivity index (χ1n) is 14.7. The van der Waals surface area contributed by atoms with Gasteiger partial charge in [0.25, 0.3) is 23.2 Å². The minimum Gasteiger partial charge on any atom is -0.493 e. The van der Waals surface area contributed by atoms with Crippen LogP contribution in [0.3, 0.4) is 0 Å². The predicted molar refractivity (Wildman–Crippen MR) is 162 cm³/mol. The number of carbonyl (C=O) groups is 3. The number of amides is 2. The number of benzene rings is 2. The number of aliphatic hydroxyl groups excluding tert-OH is 2. The van der Waals surface area contributed by atoms with Gasteiger partial charge in [0, 0.05) is 38.0 Å². The van der Waals surface area contributed by atoms with Crippen molar-refractivity contribution >= 4 is 29.2 Å². The lowest BCUT2D eigenvalue weighted by atomic mass is 10.1. The van der Waals surface area contributed by atoms with Crippen molar-refractivity contribution < 1.29 is 53.4 Å². The van der Waals surface area contributed by atoms with E-state index in [4.69, 9.17) is 18.9 Å². The summed E-state index contributed by atoms with van der Waals surface area (Å²) in [7, 11) is 2.46. The molecule has 4 atom stereocenters. The molecule has 0 aliphatic carbocycles. The maximum Gasteiger partial charge on any atom is 0.328 e. The summed E-state index contributed by atoms with van der Waals surface area (Å²) in [6.45, 7) is 3.18. The molecule has 2 aromatic rings. The van der Waals surface area contributed by atoms with Gasteiger partial charge in [-0.05, 0) is 31.9 Å². The fraction of sp³-hybridized carbons (Fsp3) is 0.500. The first kappa shape index (κ1) is 34.8. The molecule has 2 aliphatic heterocycles. The van der Waals surface area contributed by atoms with Gasteiger partial charge in [-0.25, -0.2) is 4.79 Å². The van der Waals surface area contributed by atoms with E-state index in [2.05, 4.69) is 0 Å². The highest BCUT2D eigenvalue weighted by Gasteiger charge is 2.42. The van der Waals surface area contributed by atoms with Crippen LogP contribution in [-0.2, 0) is 9.53 Å². The Balaban J connectivity index is 1.43. The van der Waals surface area contributed by atoms with Crippen molar-refractivity contribution in [3.8, 4) is 17.2 Å². The van der Waals surface area contributed by atoms with Crippen LogP contribution in [-0.4, -0.2) is 112 Å². The van der Waals surface area contributed by atoms with E-state index in [1.165, 1.54) is 24.1 Å². The number of aliphatic hydroxyl groups is 2. The van der Waals surface area contributed by atoms with E-state index >= 15 is 0 Å². The fourth-order valence-electron chi connectivity index (χ4n) is 5.72. The number of nitrogens with zero attached hydrogens (tertiary/aromatic N) is 4. The van der Waals surface area contributed by atoms with Crippen LogP contribution in [0.15, 0.2) is 24.3 Å². The number of likely N-dealkylation sites (tertiary alicyclic amines) is 2. The van der Waals surface area contributed by atoms with E-state index in [1.54, 1.807) is 13.8 Å². The van der Waals surface area contributed by atoms with Gasteiger partial charge in [-0.2, -0.15) is 0 Å². The normalized spacial score (nSPS) is 20.6. The van der Waals surface area contributed by atoms with Crippen LogP contribution in [0, 0.1) is 27.2 Å². The first-order valence-corrected chi connectivity index (χ1v) is 14.7. The SMILES string of the molecule is COC(=O)[C@@H]1C[C@@H](O)CN1C(=O)c1cc(C)c(OCCCOc2cc([N+](=O)[O-])c(C(=O)N3C[C@H](O)C[C@H]3C)cc2OC)cc1[N+](=O)[O-]. The van der Waals surface area contributed by atoms with Crippen molar-refractivity contribution in [2.24, 2.45) is 0 Å². The topological polar surface area (TPSA) is 221 Å². The number of rotatable bonds is 12. The number of nitro benzene ring substituents is 2. The Morgan fingerprint density at radius 2 is 1.36 bits per heavy atom. The van der Waals surface area contributed by atoms with Gasteiger partial charge in [0.2, 0.25) is 0 Å². The second-order valence-corrected chi connectivity index (χ2v) is 11.3. The van der Waals surface area contributed by atoms with Gasteiger partial charge >= 0.3 is 5.97 Å². The molecule has 2 heterocycles. The summed E-state index contributed by atoms with van der Waals surface area (Å²) < 4.78 is 21.5. The Morgan fingerprint density at radius 1 is 0.830 bits per heavy atom. The molecule has 47 heavy (non-hydrogen) atoms. The third-order valence-electron chi connectivity index (χ3n) is 8.06. The van der Waals surface area contributed by atoms with Crippen molar-refractivity contribution in [1.29, 1.82) is 0 Å². The maximum atomic E-state index is 13.3. The van der Waals surface area contributed by atoms with Gasteiger partial charge in [0.15, 0.2) is 11.5 Å². The zero-order valence-corrected chi connectivity index (χ0v) is 26.2. The van der Waals surface area contributed by atoms with E-state index in [1.807, 2.05) is 0 Å². The van der Waals surface area contributed by atoms with Crippen LogP contribution in [0.25, 0.3) is 0 Å². The number of ether oxygens (including phenoxy) is 4. The highest BCUT2D eigenvalue weighted by atomic mass is 16.6. The molecule has 2 aliphatic rings. The van der Waals surface area contributed by atoms with Crippen molar-refractivity contribution in [2.45, 2.75) is 57.4 Å². The van der Waals surface area contributed by atoms with Crippen molar-refractivity contribution in [3.63, 3.8) is 0 Å². The Hall–Kier alpha value is -5.03. The average Bonchev–Trinajstić information content (AvgIpc) is 3.60. The lowest BCUT2D eigenvalue weighted by molar-refractivity contribution is -0.385. The van der Waals surface area contributed by atoms with E-state index in [0.717, 1.165) is 24.1 Å². The first-order chi connectivity index (χ1) is 22.3. The summed E-state index contributed by atoms with van der Waals surface area (Å²) in [5.41, 5.74) is -1.14. The molecule has 2 aromatic carbocycles. The van der Waals surface area contributed by atoms with Crippen molar-refractivity contribution in [2.75, 3.05) is 40.5 Å². The molecule has 0 bridgehead atoms. The number of hydrogen-bond donors (Lipinski definition) is 2. The molecular weight excluding hydrogens is 624 g/mol. The molecule has 2 amide bonds. The number of aryl methyl sites for hydroxylation is 1. The van der Waals surface area contributed by atoms with E-state index in [-0.39, 0.29) is 73.6 Å². The Labute approximate surface area is 268 Å². The summed E-state index contributed by atoms with van der Waals surface area (Å²) in [6, 6.07) is 3.31. The molecule has 0 aromatic heterocycles. The molecule has 17 nitrogen and oxygen atoms in total. The summed E-state index contributed by atoms with van der Waals surface area (Å²) in [6.07, 6.45) is -1.19. The van der Waals surface area contributed by atoms with Crippen LogP contribution in [0.5, 0.6) is 17.2 Å². The Bertz CT molecular complexity index is 1560. The summed E-state index contributed by atoms with van der Waals surface area (Å²) in [5.74, 6) is -1.95. The summed E-state index contributed by atoms with van der Waals surface area (Å²) >= 11 is 0. The number of carbonyl (C=O) groups excluding carboxylic acids is 3. The Kier molecular flexibility index (Phi) is 10.8. The highest BCUT2D eigenvalue weighted by molar-refractivity contribution is 6.01. The minimum atomic E-state index is -1.09. The van der Waals surface area contributed by atoms with Crippen LogP contribution in [0.2, 0.25) is 0 Å². The quantitative estimate of drug-likeness (QED) is 0.144. The smallest absolute Gasteiger partial charge is 0.328 e. The maximum absolute atomic E-state index is 13.3. The largest absolute Gasteiger partial charge is 0.493 e.